The van der Waals surface area contributed by atoms with Crippen LogP contribution >= 0.6 is 0 Å². The molecule has 0 aliphatic heterocycles. The fraction of sp³-hybridized carbons (Fsp3) is 0.286. The Morgan fingerprint density at radius 1 is 0.824 bits per heavy atom. The molecule has 1 rings (SSSR count). The van der Waals surface area contributed by atoms with Crippen LogP contribution in [0.2, 0.25) is 0 Å². The van der Waals surface area contributed by atoms with Crippen molar-refractivity contribution >= 4 is 20.2 Å². The van der Waals surface area contributed by atoms with Gasteiger partial charge in [-0.15, -0.1) is 0 Å². The highest BCUT2D eigenvalue weighted by Gasteiger charge is 1.82. The van der Waals surface area contributed by atoms with Crippen LogP contribution in [-0.2, 0) is 20.2 Å². The second-order valence-corrected chi connectivity index (χ2v) is 5.42. The highest BCUT2D eigenvalue weighted by atomic mass is 32.2. The Labute approximate surface area is 101 Å². The van der Waals surface area contributed by atoms with Gasteiger partial charge in [0.05, 0.1) is 12.5 Å². The van der Waals surface area contributed by atoms with E-state index in [1.165, 1.54) is 0 Å². The summed E-state index contributed by atoms with van der Waals surface area (Å²) in [5.74, 6) is 0. The number of nitrogens with zero attached hydrogens (tertiary/aromatic N) is 1. The molecule has 0 aliphatic rings. The topological polar surface area (TPSA) is 157 Å². The number of hydrogen-bond acceptors (Lipinski definition) is 6. The van der Waals surface area contributed by atoms with E-state index in [-0.39, 0.29) is 6.15 Å². The number of pyridine rings is 1. The third kappa shape index (κ3) is 103. The summed E-state index contributed by atoms with van der Waals surface area (Å²) >= 11 is 0. The van der Waals surface area contributed by atoms with Crippen molar-refractivity contribution in [1.82, 2.24) is 11.1 Å². The van der Waals surface area contributed by atoms with E-state index in [2.05, 4.69) is 4.98 Å². The van der Waals surface area contributed by atoms with Gasteiger partial charge in [0.2, 0.25) is 0 Å². The fourth-order valence-corrected chi connectivity index (χ4v) is 0.313. The van der Waals surface area contributed by atoms with Gasteiger partial charge in [0.1, 0.15) is 0 Å². The van der Waals surface area contributed by atoms with Crippen molar-refractivity contribution in [1.29, 1.82) is 0 Å². The lowest BCUT2D eigenvalue weighted by atomic mass is 10.5. The van der Waals surface area contributed by atoms with Crippen molar-refractivity contribution in [2.24, 2.45) is 0 Å². The molecule has 17 heavy (non-hydrogen) atoms. The molecule has 1 aromatic heterocycles. The smallest absolute Gasteiger partial charge is 0.261 e. The molecule has 0 saturated carbocycles. The average Bonchev–Trinajstić information content (AvgIpc) is 2.01. The molecule has 0 bridgehead atoms. The quantitative estimate of drug-likeness (QED) is 0.573. The third-order valence-corrected chi connectivity index (χ3v) is 0.566. The zero-order valence-electron chi connectivity index (χ0n) is 9.38. The zero-order valence-corrected chi connectivity index (χ0v) is 11.0. The minimum Gasteiger partial charge on any atom is -0.344 e. The summed E-state index contributed by atoms with van der Waals surface area (Å²) in [5, 5.41) is 0. The van der Waals surface area contributed by atoms with Gasteiger partial charge in [0.15, 0.2) is 0 Å². The first kappa shape index (κ1) is 21.2. The Morgan fingerprint density at radius 3 is 1.12 bits per heavy atom. The van der Waals surface area contributed by atoms with Crippen molar-refractivity contribution in [3.63, 3.8) is 0 Å². The van der Waals surface area contributed by atoms with E-state index in [9.17, 15) is 16.8 Å². The third-order valence-electron chi connectivity index (χ3n) is 0.566. The average molecular weight is 288 g/mol. The van der Waals surface area contributed by atoms with Gasteiger partial charge in [0.25, 0.3) is 20.2 Å². The maximum atomic E-state index is 9.19. The predicted octanol–water partition coefficient (Wildman–Crippen LogP) is 0.252. The molecule has 102 valence electrons. The molecule has 0 atom stereocenters. The van der Waals surface area contributed by atoms with E-state index >= 15 is 0 Å². The first-order valence-corrected chi connectivity index (χ1v) is 7.39. The Hall–Kier alpha value is -1.07. The highest BCUT2D eigenvalue weighted by molar-refractivity contribution is 7.85. The number of aromatic nitrogens is 1. The summed E-state index contributed by atoms with van der Waals surface area (Å²) in [4.78, 5) is 3.78. The fourth-order valence-electron chi connectivity index (χ4n) is 0.313. The van der Waals surface area contributed by atoms with Gasteiger partial charge in [-0.3, -0.25) is 14.1 Å². The van der Waals surface area contributed by atoms with Crippen LogP contribution in [0.25, 0.3) is 0 Å². The van der Waals surface area contributed by atoms with Crippen LogP contribution in [0, 0.1) is 0 Å². The molecular formula is C7H16N2O6S2. The van der Waals surface area contributed by atoms with Crippen LogP contribution < -0.4 is 6.15 Å². The Balaban J connectivity index is -0.000000170. The minimum absolute atomic E-state index is 0. The van der Waals surface area contributed by atoms with Gasteiger partial charge in [-0.2, -0.15) is 16.8 Å². The van der Waals surface area contributed by atoms with E-state index < -0.39 is 20.2 Å². The molecule has 8 nitrogen and oxygen atoms in total. The molecule has 0 amide bonds. The van der Waals surface area contributed by atoms with Crippen LogP contribution in [-0.4, -0.2) is 43.4 Å². The molecule has 0 aliphatic carbocycles. The van der Waals surface area contributed by atoms with E-state index in [0.717, 1.165) is 0 Å². The Kier molecular flexibility index (Phi) is 12.6. The molecular weight excluding hydrogens is 272 g/mol. The lowest BCUT2D eigenvalue weighted by molar-refractivity contribution is 0.488. The predicted molar refractivity (Wildman–Crippen MR) is 64.2 cm³/mol. The van der Waals surface area contributed by atoms with Crippen LogP contribution in [0.15, 0.2) is 30.6 Å². The molecule has 1 heterocycles. The summed E-state index contributed by atoms with van der Waals surface area (Å²) in [7, 11) is -7.33. The zero-order chi connectivity index (χ0) is 13.2. The second-order valence-electron chi connectivity index (χ2n) is 2.49. The van der Waals surface area contributed by atoms with Crippen molar-refractivity contribution in [3.8, 4) is 0 Å². The molecule has 0 radical (unpaired) electrons. The largest absolute Gasteiger partial charge is 0.344 e. The minimum atomic E-state index is -3.67. The summed E-state index contributed by atoms with van der Waals surface area (Å²) in [6, 6.07) is 5.72. The van der Waals surface area contributed by atoms with Crippen molar-refractivity contribution in [2.45, 2.75) is 0 Å². The Bertz CT molecular complexity index is 384. The van der Waals surface area contributed by atoms with Crippen LogP contribution in [0.1, 0.15) is 0 Å². The van der Waals surface area contributed by atoms with Crippen LogP contribution in [0.3, 0.4) is 0 Å². The van der Waals surface area contributed by atoms with E-state index in [0.29, 0.717) is 12.5 Å². The van der Waals surface area contributed by atoms with Crippen LogP contribution in [0.4, 0.5) is 0 Å². The normalized spacial score (nSPS) is 9.65. The standard InChI is InChI=1S/C5H5N.2CH4O3S.H3N/c1-2-4-6-5-3-1;2*1-5(2,3)4;/h1-5H;2*1H3,(H,2,3,4);1H3. The van der Waals surface area contributed by atoms with Crippen LogP contribution in [0.5, 0.6) is 0 Å². The molecule has 0 aromatic carbocycles. The van der Waals surface area contributed by atoms with E-state index in [4.69, 9.17) is 9.11 Å². The molecule has 0 spiro atoms. The van der Waals surface area contributed by atoms with Crippen molar-refractivity contribution < 1.29 is 25.9 Å². The van der Waals surface area contributed by atoms with Gasteiger partial charge >= 0.3 is 0 Å². The number of hydrogen-bond donors (Lipinski definition) is 3. The van der Waals surface area contributed by atoms with E-state index in [1.807, 2.05) is 18.2 Å². The first-order valence-electron chi connectivity index (χ1n) is 3.70. The summed E-state index contributed by atoms with van der Waals surface area (Å²) in [6.07, 6.45) is 4.93. The lowest BCUT2D eigenvalue weighted by Gasteiger charge is -1.70. The van der Waals surface area contributed by atoms with Crippen molar-refractivity contribution in [2.75, 3.05) is 12.5 Å². The van der Waals surface area contributed by atoms with E-state index in [1.54, 1.807) is 12.4 Å². The molecule has 0 unspecified atom stereocenters. The van der Waals surface area contributed by atoms with Crippen molar-refractivity contribution in [3.05, 3.63) is 30.6 Å². The maximum Gasteiger partial charge on any atom is 0.261 e. The highest BCUT2D eigenvalue weighted by Crippen LogP contribution is 1.73. The monoisotopic (exact) mass is 288 g/mol. The first-order chi connectivity index (χ1) is 7.00. The summed E-state index contributed by atoms with van der Waals surface area (Å²) in [6.45, 7) is 0. The lowest BCUT2D eigenvalue weighted by Crippen LogP contribution is -1.88. The van der Waals surface area contributed by atoms with Gasteiger partial charge in [-0.1, -0.05) is 6.07 Å². The second kappa shape index (κ2) is 10.1. The SMILES string of the molecule is CS(=O)(=O)O.CS(=O)(=O)O.N.c1ccncc1. The molecule has 5 N–H and O–H groups in total. The van der Waals surface area contributed by atoms with Gasteiger partial charge in [-0.05, 0) is 12.1 Å². The molecule has 1 aromatic rings. The molecule has 0 saturated heterocycles. The van der Waals surface area contributed by atoms with Gasteiger partial charge < -0.3 is 6.15 Å². The molecule has 0 fully saturated rings. The van der Waals surface area contributed by atoms with Gasteiger partial charge in [-0.25, -0.2) is 0 Å². The number of rotatable bonds is 0. The molecule has 10 heteroatoms. The summed E-state index contributed by atoms with van der Waals surface area (Å²) in [5.41, 5.74) is 0. The Morgan fingerprint density at radius 2 is 1.06 bits per heavy atom. The maximum absolute atomic E-state index is 9.19. The van der Waals surface area contributed by atoms with Gasteiger partial charge in [0, 0.05) is 12.4 Å². The summed E-state index contributed by atoms with van der Waals surface area (Å²) < 4.78 is 51.7.